The van der Waals surface area contributed by atoms with Gasteiger partial charge in [-0.05, 0) is 29.7 Å². The van der Waals surface area contributed by atoms with Crippen LogP contribution in [0.2, 0.25) is 0 Å². The van der Waals surface area contributed by atoms with Gasteiger partial charge in [-0.1, -0.05) is 12.1 Å². The van der Waals surface area contributed by atoms with E-state index in [1.807, 2.05) is 6.07 Å². The van der Waals surface area contributed by atoms with Crippen molar-refractivity contribution in [2.45, 2.75) is 0 Å². The first-order valence-corrected chi connectivity index (χ1v) is 5.37. The minimum Gasteiger partial charge on any atom is -0.399 e. The first-order chi connectivity index (χ1) is 7.16. The van der Waals surface area contributed by atoms with Gasteiger partial charge in [-0.3, -0.25) is 0 Å². The molecule has 0 aliphatic rings. The number of benzene rings is 2. The topological polar surface area (TPSA) is 69.4 Å². The molecule has 15 heavy (non-hydrogen) atoms. The van der Waals surface area contributed by atoms with Crippen LogP contribution in [-0.2, 0) is 11.0 Å². The molecule has 0 atom stereocenters. The van der Waals surface area contributed by atoms with Crippen LogP contribution in [0.3, 0.4) is 0 Å². The molecule has 0 amide bonds. The lowest BCUT2D eigenvalue weighted by molar-refractivity contribution is 0.513. The smallest absolute Gasteiger partial charge is 0.299 e. The fourth-order valence-corrected chi connectivity index (χ4v) is 1.75. The van der Waals surface area contributed by atoms with E-state index in [2.05, 4.69) is 4.18 Å². The highest BCUT2D eigenvalue weighted by atomic mass is 32.2. The van der Waals surface area contributed by atoms with Gasteiger partial charge in [-0.2, -0.15) is 8.42 Å². The molecule has 2 aromatic rings. The summed E-state index contributed by atoms with van der Waals surface area (Å²) in [6.07, 6.45) is 0. The molecule has 0 fully saturated rings. The second kappa shape index (κ2) is 3.78. The Hall–Kier alpha value is -1.75. The predicted octanol–water partition coefficient (Wildman–Crippen LogP) is 1.33. The normalized spacial score (nSPS) is 10.7. The minimum absolute atomic E-state index is 0.323. The Morgan fingerprint density at radius 3 is 2.67 bits per heavy atom. The standard InChI is InChI=1S/C10H9NO3S/c11-8-4-5-9-7(6-8)2-1-3-10(9)14-15(12)13/h1-6,15H,11H2. The molecule has 0 saturated carbocycles. The maximum absolute atomic E-state index is 10.5. The molecule has 0 spiro atoms. The quantitative estimate of drug-likeness (QED) is 0.595. The predicted molar refractivity (Wildman–Crippen MR) is 59.3 cm³/mol. The van der Waals surface area contributed by atoms with Crippen LogP contribution in [0.15, 0.2) is 36.4 Å². The number of anilines is 1. The summed E-state index contributed by atoms with van der Waals surface area (Å²) in [7, 11) is -2.89. The van der Waals surface area contributed by atoms with E-state index in [4.69, 9.17) is 5.73 Å². The number of fused-ring (bicyclic) bond motifs is 1. The molecule has 0 unspecified atom stereocenters. The SMILES string of the molecule is Nc1ccc2c(O[SH](=O)=O)cccc2c1. The second-order valence-corrected chi connectivity index (χ2v) is 3.68. The van der Waals surface area contributed by atoms with Crippen molar-refractivity contribution in [3.05, 3.63) is 36.4 Å². The van der Waals surface area contributed by atoms with Crippen LogP contribution < -0.4 is 9.92 Å². The molecule has 0 aliphatic carbocycles. The van der Waals surface area contributed by atoms with Gasteiger partial charge in [0.15, 0.2) is 0 Å². The second-order valence-electron chi connectivity index (χ2n) is 3.05. The summed E-state index contributed by atoms with van der Waals surface area (Å²) in [6.45, 7) is 0. The van der Waals surface area contributed by atoms with E-state index < -0.39 is 11.0 Å². The fraction of sp³-hybridized carbons (Fsp3) is 0. The third-order valence-corrected chi connectivity index (χ3v) is 2.38. The Morgan fingerprint density at radius 1 is 1.13 bits per heavy atom. The van der Waals surface area contributed by atoms with Gasteiger partial charge in [0.05, 0.1) is 0 Å². The van der Waals surface area contributed by atoms with E-state index in [0.717, 1.165) is 10.8 Å². The number of hydrogen-bond donors (Lipinski definition) is 2. The van der Waals surface area contributed by atoms with E-state index in [-0.39, 0.29) is 0 Å². The molecule has 2 aromatic carbocycles. The summed E-state index contributed by atoms with van der Waals surface area (Å²) in [5.41, 5.74) is 6.25. The highest BCUT2D eigenvalue weighted by molar-refractivity contribution is 7.67. The lowest BCUT2D eigenvalue weighted by Crippen LogP contribution is -1.91. The van der Waals surface area contributed by atoms with Crippen molar-refractivity contribution in [2.24, 2.45) is 0 Å². The maximum Gasteiger partial charge on any atom is 0.299 e. The summed E-state index contributed by atoms with van der Waals surface area (Å²) in [5.74, 6) is 0.323. The summed E-state index contributed by atoms with van der Waals surface area (Å²) in [6, 6.07) is 10.4. The van der Waals surface area contributed by atoms with Crippen molar-refractivity contribution < 1.29 is 12.6 Å². The van der Waals surface area contributed by atoms with Crippen LogP contribution in [0.25, 0.3) is 10.8 Å². The van der Waals surface area contributed by atoms with E-state index >= 15 is 0 Å². The zero-order valence-electron chi connectivity index (χ0n) is 7.71. The number of hydrogen-bond acceptors (Lipinski definition) is 4. The van der Waals surface area contributed by atoms with Gasteiger partial charge in [0.25, 0.3) is 11.0 Å². The molecule has 2 N–H and O–H groups in total. The zero-order valence-corrected chi connectivity index (χ0v) is 8.61. The van der Waals surface area contributed by atoms with Crippen molar-refractivity contribution in [3.63, 3.8) is 0 Å². The van der Waals surface area contributed by atoms with Crippen LogP contribution in [0.1, 0.15) is 0 Å². The highest BCUT2D eigenvalue weighted by Gasteiger charge is 2.02. The lowest BCUT2D eigenvalue weighted by Gasteiger charge is -2.04. The maximum atomic E-state index is 10.5. The van der Waals surface area contributed by atoms with E-state index in [1.165, 1.54) is 0 Å². The lowest BCUT2D eigenvalue weighted by atomic mass is 10.1. The van der Waals surface area contributed by atoms with Gasteiger partial charge < -0.3 is 9.92 Å². The Morgan fingerprint density at radius 2 is 1.93 bits per heavy atom. The van der Waals surface area contributed by atoms with Crippen molar-refractivity contribution in [2.75, 3.05) is 5.73 Å². The summed E-state index contributed by atoms with van der Waals surface area (Å²) >= 11 is 0. The summed E-state index contributed by atoms with van der Waals surface area (Å²) < 4.78 is 25.6. The third-order valence-electron chi connectivity index (χ3n) is 2.04. The molecular weight excluding hydrogens is 214 g/mol. The van der Waals surface area contributed by atoms with E-state index in [0.29, 0.717) is 11.4 Å². The monoisotopic (exact) mass is 223 g/mol. The van der Waals surface area contributed by atoms with Crippen LogP contribution in [-0.4, -0.2) is 8.42 Å². The number of nitrogens with two attached hydrogens (primary N) is 1. The molecule has 2 rings (SSSR count). The first kappa shape index (κ1) is 9.79. The Bertz CT molecular complexity index is 570. The largest absolute Gasteiger partial charge is 0.399 e. The van der Waals surface area contributed by atoms with Gasteiger partial charge in [-0.25, -0.2) is 0 Å². The van der Waals surface area contributed by atoms with Crippen molar-refractivity contribution in [1.29, 1.82) is 0 Å². The number of rotatable bonds is 2. The average molecular weight is 223 g/mol. The molecule has 0 radical (unpaired) electrons. The van der Waals surface area contributed by atoms with Crippen LogP contribution >= 0.6 is 0 Å². The average Bonchev–Trinajstić information content (AvgIpc) is 2.16. The fourth-order valence-electron chi connectivity index (χ4n) is 1.43. The van der Waals surface area contributed by atoms with Crippen molar-refractivity contribution >= 4 is 27.4 Å². The first-order valence-electron chi connectivity index (χ1n) is 4.27. The Kier molecular flexibility index (Phi) is 2.47. The molecule has 0 aliphatic heterocycles. The molecule has 0 heterocycles. The number of thiol groups is 1. The van der Waals surface area contributed by atoms with Crippen LogP contribution in [0.5, 0.6) is 5.75 Å². The van der Waals surface area contributed by atoms with Gasteiger partial charge >= 0.3 is 0 Å². The Balaban J connectivity index is 2.65. The molecule has 78 valence electrons. The minimum atomic E-state index is -2.89. The van der Waals surface area contributed by atoms with E-state index in [1.54, 1.807) is 30.3 Å². The molecular formula is C10H9NO3S. The molecule has 5 heteroatoms. The molecule has 0 saturated heterocycles. The molecule has 0 bridgehead atoms. The van der Waals surface area contributed by atoms with Gasteiger partial charge in [0, 0.05) is 11.1 Å². The van der Waals surface area contributed by atoms with Crippen LogP contribution in [0, 0.1) is 0 Å². The van der Waals surface area contributed by atoms with Crippen molar-refractivity contribution in [1.82, 2.24) is 0 Å². The van der Waals surface area contributed by atoms with Gasteiger partial charge in [-0.15, -0.1) is 0 Å². The third kappa shape index (κ3) is 2.02. The van der Waals surface area contributed by atoms with Gasteiger partial charge in [0.1, 0.15) is 5.75 Å². The van der Waals surface area contributed by atoms with E-state index in [9.17, 15) is 8.42 Å². The summed E-state index contributed by atoms with van der Waals surface area (Å²) in [4.78, 5) is 0. The number of nitrogen functional groups attached to an aromatic ring is 1. The van der Waals surface area contributed by atoms with Crippen molar-refractivity contribution in [3.8, 4) is 5.75 Å². The molecule has 4 nitrogen and oxygen atoms in total. The summed E-state index contributed by atoms with van der Waals surface area (Å²) in [5, 5.41) is 1.58. The van der Waals surface area contributed by atoms with Gasteiger partial charge in [0.2, 0.25) is 0 Å². The Labute approximate surface area is 88.4 Å². The molecule has 0 aromatic heterocycles. The van der Waals surface area contributed by atoms with Crippen LogP contribution in [0.4, 0.5) is 5.69 Å². The zero-order chi connectivity index (χ0) is 10.8. The highest BCUT2D eigenvalue weighted by Crippen LogP contribution is 2.26.